The predicted molar refractivity (Wildman–Crippen MR) is 75.0 cm³/mol. The molecule has 0 atom stereocenters. The van der Waals surface area contributed by atoms with E-state index in [0.29, 0.717) is 22.9 Å². The summed E-state index contributed by atoms with van der Waals surface area (Å²) in [6, 6.07) is 4.81. The monoisotopic (exact) mass is 346 g/mol. The Bertz CT molecular complexity index is 616. The van der Waals surface area contributed by atoms with Gasteiger partial charge in [0.25, 0.3) is 0 Å². The Hall–Kier alpha value is -0.880. The maximum atomic E-state index is 11.9. The lowest BCUT2D eigenvalue weighted by Gasteiger charge is -2.27. The third kappa shape index (κ3) is 2.43. The fourth-order valence-electron chi connectivity index (χ4n) is 2.83. The largest absolute Gasteiger partial charge is 0.481 e. The summed E-state index contributed by atoms with van der Waals surface area (Å²) in [7, 11) is -3.46. The summed E-state index contributed by atoms with van der Waals surface area (Å²) < 4.78 is 24.4. The van der Waals surface area contributed by atoms with Crippen molar-refractivity contribution in [3.05, 3.63) is 28.2 Å². The average molecular weight is 347 g/mol. The van der Waals surface area contributed by atoms with Crippen LogP contribution >= 0.6 is 15.9 Å². The normalized spacial score (nSPS) is 18.4. The van der Waals surface area contributed by atoms with E-state index in [-0.39, 0.29) is 4.90 Å². The van der Waals surface area contributed by atoms with Gasteiger partial charge in [0.1, 0.15) is 0 Å². The third-order valence-electron chi connectivity index (χ3n) is 3.72. The highest BCUT2D eigenvalue weighted by Gasteiger charge is 2.46. The van der Waals surface area contributed by atoms with E-state index >= 15 is 0 Å². The van der Waals surface area contributed by atoms with Gasteiger partial charge in [-0.2, -0.15) is 0 Å². The fourth-order valence-corrected chi connectivity index (χ4v) is 4.71. The second-order valence-corrected chi connectivity index (χ2v) is 7.82. The second-order valence-electron chi connectivity index (χ2n) is 4.98. The van der Waals surface area contributed by atoms with Gasteiger partial charge in [-0.05, 0) is 25.0 Å². The Morgan fingerprint density at radius 3 is 2.37 bits per heavy atom. The lowest BCUT2D eigenvalue weighted by atomic mass is 9.79. The van der Waals surface area contributed by atoms with E-state index < -0.39 is 21.2 Å². The van der Waals surface area contributed by atoms with E-state index in [4.69, 9.17) is 0 Å². The van der Waals surface area contributed by atoms with Gasteiger partial charge in [0.2, 0.25) is 0 Å². The highest BCUT2D eigenvalue weighted by molar-refractivity contribution is 9.10. The number of carbonyl (C=O) groups is 1. The van der Waals surface area contributed by atoms with Crippen molar-refractivity contribution in [2.45, 2.75) is 36.0 Å². The van der Waals surface area contributed by atoms with Crippen molar-refractivity contribution < 1.29 is 18.3 Å². The molecule has 104 valence electrons. The van der Waals surface area contributed by atoms with Crippen molar-refractivity contribution in [3.8, 4) is 0 Å². The van der Waals surface area contributed by atoms with E-state index in [1.807, 2.05) is 0 Å². The molecule has 1 aromatic carbocycles. The van der Waals surface area contributed by atoms with Crippen LogP contribution in [0.5, 0.6) is 0 Å². The minimum Gasteiger partial charge on any atom is -0.481 e. The van der Waals surface area contributed by atoms with Crippen LogP contribution in [-0.2, 0) is 20.0 Å². The van der Waals surface area contributed by atoms with Crippen molar-refractivity contribution in [1.82, 2.24) is 0 Å². The molecule has 6 heteroatoms. The predicted octanol–water partition coefficient (Wildman–Crippen LogP) is 2.75. The van der Waals surface area contributed by atoms with Gasteiger partial charge in [0.15, 0.2) is 9.84 Å². The summed E-state index contributed by atoms with van der Waals surface area (Å²) >= 11 is 3.33. The number of hydrogen-bond donors (Lipinski definition) is 1. The Labute approximate surface area is 120 Å². The van der Waals surface area contributed by atoms with Gasteiger partial charge < -0.3 is 5.11 Å². The molecule has 0 spiro atoms. The molecule has 4 nitrogen and oxygen atoms in total. The van der Waals surface area contributed by atoms with Gasteiger partial charge >= 0.3 is 5.97 Å². The first-order valence-corrected chi connectivity index (χ1v) is 8.70. The minimum absolute atomic E-state index is 0.117. The number of benzene rings is 1. The van der Waals surface area contributed by atoms with E-state index in [9.17, 15) is 18.3 Å². The third-order valence-corrected chi connectivity index (χ3v) is 5.52. The van der Waals surface area contributed by atoms with E-state index in [0.717, 1.165) is 19.1 Å². The Morgan fingerprint density at radius 1 is 1.32 bits per heavy atom. The summed E-state index contributed by atoms with van der Waals surface area (Å²) in [6.07, 6.45) is 3.68. The van der Waals surface area contributed by atoms with Crippen LogP contribution in [-0.4, -0.2) is 25.7 Å². The number of aliphatic carboxylic acids is 1. The number of rotatable bonds is 3. The molecule has 1 N–H and O–H groups in total. The smallest absolute Gasteiger partial charge is 0.314 e. The molecular formula is C13H15BrO4S. The van der Waals surface area contributed by atoms with E-state index in [1.165, 1.54) is 6.07 Å². The van der Waals surface area contributed by atoms with Gasteiger partial charge in [0.05, 0.1) is 10.3 Å². The quantitative estimate of drug-likeness (QED) is 0.913. The zero-order valence-corrected chi connectivity index (χ0v) is 12.9. The number of carboxylic acid groups (broad SMARTS) is 1. The molecule has 19 heavy (non-hydrogen) atoms. The van der Waals surface area contributed by atoms with Crippen molar-refractivity contribution >= 4 is 31.7 Å². The average Bonchev–Trinajstić information content (AvgIpc) is 2.77. The van der Waals surface area contributed by atoms with Gasteiger partial charge in [-0.1, -0.05) is 34.8 Å². The van der Waals surface area contributed by atoms with Crippen LogP contribution in [0.1, 0.15) is 31.2 Å². The fraction of sp³-hybridized carbons (Fsp3) is 0.462. The molecule has 1 saturated carbocycles. The lowest BCUT2D eigenvalue weighted by Crippen LogP contribution is -2.34. The molecule has 0 unspecified atom stereocenters. The Kier molecular flexibility index (Phi) is 3.75. The van der Waals surface area contributed by atoms with Crippen LogP contribution in [0.15, 0.2) is 27.6 Å². The summed E-state index contributed by atoms with van der Waals surface area (Å²) in [4.78, 5) is 11.9. The minimum atomic E-state index is -3.46. The number of carboxylic acids is 1. The molecule has 0 bridgehead atoms. The highest BCUT2D eigenvalue weighted by Crippen LogP contribution is 2.46. The maximum Gasteiger partial charge on any atom is 0.314 e. The molecule has 1 aliphatic rings. The first-order chi connectivity index (χ1) is 8.79. The topological polar surface area (TPSA) is 71.4 Å². The van der Waals surface area contributed by atoms with Crippen LogP contribution in [0.4, 0.5) is 0 Å². The Morgan fingerprint density at radius 2 is 1.89 bits per heavy atom. The zero-order valence-electron chi connectivity index (χ0n) is 10.5. The number of halogens is 1. The van der Waals surface area contributed by atoms with Crippen LogP contribution < -0.4 is 0 Å². The van der Waals surface area contributed by atoms with Crippen LogP contribution in [0.25, 0.3) is 0 Å². The van der Waals surface area contributed by atoms with Crippen LogP contribution in [0.3, 0.4) is 0 Å². The first-order valence-electron chi connectivity index (χ1n) is 6.01. The highest BCUT2D eigenvalue weighted by atomic mass is 79.9. The molecule has 1 fully saturated rings. The van der Waals surface area contributed by atoms with Crippen molar-refractivity contribution in [3.63, 3.8) is 0 Å². The summed E-state index contributed by atoms with van der Waals surface area (Å²) in [6.45, 7) is 0. The van der Waals surface area contributed by atoms with E-state index in [1.54, 1.807) is 12.1 Å². The summed E-state index contributed by atoms with van der Waals surface area (Å²) in [5.74, 6) is -0.943. The SMILES string of the molecule is CS(=O)(=O)c1cccc(Br)c1C1(C(=O)O)CCCC1. The van der Waals surface area contributed by atoms with Gasteiger partial charge in [-0.15, -0.1) is 0 Å². The molecule has 1 aromatic rings. The zero-order chi connectivity index (χ0) is 14.3. The van der Waals surface area contributed by atoms with Crippen LogP contribution in [0, 0.1) is 0 Å². The van der Waals surface area contributed by atoms with E-state index in [2.05, 4.69) is 15.9 Å². The van der Waals surface area contributed by atoms with Crippen LogP contribution in [0.2, 0.25) is 0 Å². The molecule has 0 saturated heterocycles. The van der Waals surface area contributed by atoms with Gasteiger partial charge in [-0.3, -0.25) is 4.79 Å². The molecular weight excluding hydrogens is 332 g/mol. The molecule has 2 rings (SSSR count). The molecule has 0 aliphatic heterocycles. The van der Waals surface area contributed by atoms with Gasteiger partial charge in [-0.25, -0.2) is 8.42 Å². The number of hydrogen-bond acceptors (Lipinski definition) is 3. The molecule has 0 radical (unpaired) electrons. The second kappa shape index (κ2) is 4.90. The first kappa shape index (κ1) is 14.5. The van der Waals surface area contributed by atoms with Crippen molar-refractivity contribution in [1.29, 1.82) is 0 Å². The van der Waals surface area contributed by atoms with Crippen molar-refractivity contribution in [2.75, 3.05) is 6.26 Å². The lowest BCUT2D eigenvalue weighted by molar-refractivity contribution is -0.143. The Balaban J connectivity index is 2.77. The molecule has 0 aromatic heterocycles. The van der Waals surface area contributed by atoms with Crippen molar-refractivity contribution in [2.24, 2.45) is 0 Å². The molecule has 0 amide bonds. The summed E-state index contributed by atoms with van der Waals surface area (Å²) in [5.41, 5.74) is -0.680. The molecule has 1 aliphatic carbocycles. The molecule has 0 heterocycles. The standard InChI is InChI=1S/C13H15BrO4S/c1-19(17,18)10-6-4-5-9(14)11(10)13(12(15)16)7-2-3-8-13/h4-6H,2-3,7-8H2,1H3,(H,15,16). The maximum absolute atomic E-state index is 11.9. The number of sulfone groups is 1. The van der Waals surface area contributed by atoms with Gasteiger partial charge in [0, 0.05) is 16.3 Å². The summed E-state index contributed by atoms with van der Waals surface area (Å²) in [5, 5.41) is 9.62.